The molecular weight excluding hydrogens is 338 g/mol. The standard InChI is InChI=1S/C22H23N3O2/c1-13-5-6-15(3)19(9-13)25-12-18(11-20(25)26)21-23-22(27-24-21)17-8-7-14(2)16(4)10-17/h5-10,18H,11-12H2,1-4H3. The normalized spacial score (nSPS) is 17.0. The van der Waals surface area contributed by atoms with Crippen molar-refractivity contribution in [3.8, 4) is 11.5 Å². The summed E-state index contributed by atoms with van der Waals surface area (Å²) < 4.78 is 5.49. The van der Waals surface area contributed by atoms with Gasteiger partial charge in [0.05, 0.1) is 0 Å². The molecule has 0 saturated carbocycles. The van der Waals surface area contributed by atoms with Gasteiger partial charge < -0.3 is 9.42 Å². The first-order valence-electron chi connectivity index (χ1n) is 9.21. The van der Waals surface area contributed by atoms with Crippen LogP contribution in [0.4, 0.5) is 5.69 Å². The Morgan fingerprint density at radius 2 is 1.78 bits per heavy atom. The SMILES string of the molecule is Cc1ccc(C)c(N2CC(c3noc(-c4ccc(C)c(C)c4)n3)CC2=O)c1. The van der Waals surface area contributed by atoms with Gasteiger partial charge in [-0.3, -0.25) is 4.79 Å². The largest absolute Gasteiger partial charge is 0.334 e. The van der Waals surface area contributed by atoms with E-state index in [0.29, 0.717) is 24.7 Å². The van der Waals surface area contributed by atoms with Gasteiger partial charge in [-0.25, -0.2) is 0 Å². The second-order valence-corrected chi connectivity index (χ2v) is 7.45. The maximum atomic E-state index is 12.6. The average molecular weight is 361 g/mol. The molecule has 1 amide bonds. The number of aryl methyl sites for hydroxylation is 4. The molecule has 3 aromatic rings. The summed E-state index contributed by atoms with van der Waals surface area (Å²) in [6, 6.07) is 12.3. The summed E-state index contributed by atoms with van der Waals surface area (Å²) in [6.07, 6.45) is 0.402. The van der Waals surface area contributed by atoms with E-state index in [1.54, 1.807) is 0 Å². The lowest BCUT2D eigenvalue weighted by atomic mass is 10.1. The number of nitrogens with zero attached hydrogens (tertiary/aromatic N) is 3. The van der Waals surface area contributed by atoms with Crippen LogP contribution in [0.3, 0.4) is 0 Å². The summed E-state index contributed by atoms with van der Waals surface area (Å²) in [4.78, 5) is 19.0. The lowest BCUT2D eigenvalue weighted by molar-refractivity contribution is -0.117. The van der Waals surface area contributed by atoms with E-state index < -0.39 is 0 Å². The van der Waals surface area contributed by atoms with E-state index in [-0.39, 0.29) is 11.8 Å². The molecule has 2 heterocycles. The number of carbonyl (C=O) groups is 1. The minimum absolute atomic E-state index is 0.0542. The number of amides is 1. The molecular formula is C22H23N3O2. The zero-order valence-corrected chi connectivity index (χ0v) is 16.1. The van der Waals surface area contributed by atoms with Crippen molar-refractivity contribution in [3.63, 3.8) is 0 Å². The monoisotopic (exact) mass is 361 g/mol. The van der Waals surface area contributed by atoms with Crippen molar-refractivity contribution in [2.45, 2.75) is 40.0 Å². The van der Waals surface area contributed by atoms with Gasteiger partial charge in [0.15, 0.2) is 5.82 Å². The maximum Gasteiger partial charge on any atom is 0.257 e. The van der Waals surface area contributed by atoms with Gasteiger partial charge in [0.2, 0.25) is 5.91 Å². The second-order valence-electron chi connectivity index (χ2n) is 7.45. The first kappa shape index (κ1) is 17.5. The van der Waals surface area contributed by atoms with Crippen LogP contribution in [0.2, 0.25) is 0 Å². The van der Waals surface area contributed by atoms with Crippen molar-refractivity contribution in [3.05, 3.63) is 64.5 Å². The number of rotatable bonds is 3. The first-order chi connectivity index (χ1) is 12.9. The third-order valence-electron chi connectivity index (χ3n) is 5.34. The van der Waals surface area contributed by atoms with E-state index >= 15 is 0 Å². The van der Waals surface area contributed by atoms with Gasteiger partial charge in [-0.15, -0.1) is 0 Å². The minimum Gasteiger partial charge on any atom is -0.334 e. The highest BCUT2D eigenvalue weighted by atomic mass is 16.5. The highest BCUT2D eigenvalue weighted by Crippen LogP contribution is 2.33. The molecule has 1 saturated heterocycles. The van der Waals surface area contributed by atoms with E-state index in [9.17, 15) is 4.79 Å². The molecule has 1 fully saturated rings. The van der Waals surface area contributed by atoms with Gasteiger partial charge in [-0.1, -0.05) is 23.4 Å². The third-order valence-corrected chi connectivity index (χ3v) is 5.34. The van der Waals surface area contributed by atoms with Crippen molar-refractivity contribution in [2.75, 3.05) is 11.4 Å². The van der Waals surface area contributed by atoms with Gasteiger partial charge in [-0.2, -0.15) is 4.98 Å². The maximum absolute atomic E-state index is 12.6. The van der Waals surface area contributed by atoms with E-state index in [1.807, 2.05) is 24.8 Å². The van der Waals surface area contributed by atoms with Crippen molar-refractivity contribution < 1.29 is 9.32 Å². The van der Waals surface area contributed by atoms with Gasteiger partial charge >= 0.3 is 0 Å². The summed E-state index contributed by atoms with van der Waals surface area (Å²) in [5.41, 5.74) is 6.53. The Balaban J connectivity index is 1.58. The molecule has 0 radical (unpaired) electrons. The van der Waals surface area contributed by atoms with Crippen molar-refractivity contribution >= 4 is 11.6 Å². The van der Waals surface area contributed by atoms with Crippen LogP contribution in [0, 0.1) is 27.7 Å². The Bertz CT molecular complexity index is 1020. The fourth-order valence-corrected chi connectivity index (χ4v) is 3.52. The van der Waals surface area contributed by atoms with Crippen LogP contribution < -0.4 is 4.90 Å². The van der Waals surface area contributed by atoms with Gasteiger partial charge in [0.25, 0.3) is 5.89 Å². The fourth-order valence-electron chi connectivity index (χ4n) is 3.52. The molecule has 1 atom stereocenters. The van der Waals surface area contributed by atoms with Gasteiger partial charge in [0.1, 0.15) is 0 Å². The Kier molecular flexibility index (Phi) is 4.30. The predicted octanol–water partition coefficient (Wildman–Crippen LogP) is 4.49. The summed E-state index contributed by atoms with van der Waals surface area (Å²) in [5.74, 6) is 1.16. The smallest absolute Gasteiger partial charge is 0.257 e. The molecule has 0 aliphatic carbocycles. The predicted molar refractivity (Wildman–Crippen MR) is 105 cm³/mol. The molecule has 138 valence electrons. The van der Waals surface area contributed by atoms with Crippen LogP contribution in [0.1, 0.15) is 40.4 Å². The molecule has 27 heavy (non-hydrogen) atoms. The third kappa shape index (κ3) is 3.25. The molecule has 5 heteroatoms. The lowest BCUT2D eigenvalue weighted by Gasteiger charge is -2.19. The van der Waals surface area contributed by atoms with Crippen LogP contribution in [0.15, 0.2) is 40.9 Å². The molecule has 0 N–H and O–H groups in total. The number of anilines is 1. The Morgan fingerprint density at radius 1 is 1.00 bits per heavy atom. The van der Waals surface area contributed by atoms with Gasteiger partial charge in [-0.05, 0) is 68.1 Å². The summed E-state index contributed by atoms with van der Waals surface area (Å²) in [7, 11) is 0. The number of benzene rings is 2. The Morgan fingerprint density at radius 3 is 2.56 bits per heavy atom. The molecule has 0 bridgehead atoms. The molecule has 2 aromatic carbocycles. The molecule has 1 aliphatic rings. The molecule has 1 aliphatic heterocycles. The average Bonchev–Trinajstić information content (AvgIpc) is 3.26. The number of aromatic nitrogens is 2. The topological polar surface area (TPSA) is 59.2 Å². The number of hydrogen-bond donors (Lipinski definition) is 0. The Hall–Kier alpha value is -2.95. The minimum atomic E-state index is -0.0542. The zero-order chi connectivity index (χ0) is 19.1. The van der Waals surface area contributed by atoms with E-state index in [2.05, 4.69) is 54.3 Å². The quantitative estimate of drug-likeness (QED) is 0.690. The highest BCUT2D eigenvalue weighted by molar-refractivity contribution is 5.97. The van der Waals surface area contributed by atoms with Crippen molar-refractivity contribution in [1.82, 2.24) is 10.1 Å². The van der Waals surface area contributed by atoms with Crippen LogP contribution in [-0.4, -0.2) is 22.6 Å². The molecule has 5 nitrogen and oxygen atoms in total. The van der Waals surface area contributed by atoms with E-state index in [4.69, 9.17) is 4.52 Å². The van der Waals surface area contributed by atoms with Gasteiger partial charge in [0, 0.05) is 30.1 Å². The van der Waals surface area contributed by atoms with Crippen molar-refractivity contribution in [2.24, 2.45) is 0 Å². The fraction of sp³-hybridized carbons (Fsp3) is 0.318. The van der Waals surface area contributed by atoms with E-state index in [0.717, 1.165) is 22.4 Å². The number of hydrogen-bond acceptors (Lipinski definition) is 4. The summed E-state index contributed by atoms with van der Waals surface area (Å²) in [6.45, 7) is 8.78. The van der Waals surface area contributed by atoms with Crippen molar-refractivity contribution in [1.29, 1.82) is 0 Å². The molecule has 1 unspecified atom stereocenters. The number of carbonyl (C=O) groups excluding carboxylic acids is 1. The van der Waals surface area contributed by atoms with Crippen LogP contribution in [0.25, 0.3) is 11.5 Å². The van der Waals surface area contributed by atoms with Crippen LogP contribution in [-0.2, 0) is 4.79 Å². The Labute approximate surface area is 159 Å². The zero-order valence-electron chi connectivity index (χ0n) is 16.1. The summed E-state index contributed by atoms with van der Waals surface area (Å²) in [5, 5.41) is 4.16. The highest BCUT2D eigenvalue weighted by Gasteiger charge is 2.35. The molecule has 4 rings (SSSR count). The second kappa shape index (κ2) is 6.65. The van der Waals surface area contributed by atoms with Crippen LogP contribution in [0.5, 0.6) is 0 Å². The summed E-state index contributed by atoms with van der Waals surface area (Å²) >= 11 is 0. The first-order valence-corrected chi connectivity index (χ1v) is 9.21. The lowest BCUT2D eigenvalue weighted by Crippen LogP contribution is -2.25. The van der Waals surface area contributed by atoms with E-state index in [1.165, 1.54) is 11.1 Å². The molecule has 1 aromatic heterocycles. The molecule has 0 spiro atoms. The van der Waals surface area contributed by atoms with Crippen LogP contribution >= 0.6 is 0 Å².